The number of rotatable bonds is 8. The maximum Gasteiger partial charge on any atom is 0.259 e. The smallest absolute Gasteiger partial charge is 0.259 e. The first-order valence-corrected chi connectivity index (χ1v) is 8.86. The number of nitriles is 1. The molecule has 0 aliphatic carbocycles. The Labute approximate surface area is 163 Å². The first kappa shape index (κ1) is 19.0. The molecular weight excluding hydrogens is 354 g/mol. The van der Waals surface area contributed by atoms with Gasteiger partial charge in [-0.05, 0) is 30.3 Å². The summed E-state index contributed by atoms with van der Waals surface area (Å²) in [4.78, 5) is 12.0. The van der Waals surface area contributed by atoms with Gasteiger partial charge in [0.15, 0.2) is 0 Å². The van der Waals surface area contributed by atoms with Crippen LogP contribution in [0.15, 0.2) is 59.8 Å². The SMILES string of the molecule is COc1ccc(NCC(=O)N/N=C\c2cn(CCC#N)c3ccccc23)cc1. The molecule has 0 fully saturated rings. The van der Waals surface area contributed by atoms with Crippen molar-refractivity contribution in [2.75, 3.05) is 19.0 Å². The Balaban J connectivity index is 1.59. The molecule has 28 heavy (non-hydrogen) atoms. The third kappa shape index (κ3) is 4.68. The van der Waals surface area contributed by atoms with E-state index in [-0.39, 0.29) is 12.5 Å². The highest BCUT2D eigenvalue weighted by atomic mass is 16.5. The molecule has 0 atom stereocenters. The number of benzene rings is 2. The van der Waals surface area contributed by atoms with E-state index in [1.165, 1.54) is 0 Å². The summed E-state index contributed by atoms with van der Waals surface area (Å²) >= 11 is 0. The van der Waals surface area contributed by atoms with E-state index in [4.69, 9.17) is 10.00 Å². The Morgan fingerprint density at radius 2 is 2.04 bits per heavy atom. The van der Waals surface area contributed by atoms with Gasteiger partial charge in [0.1, 0.15) is 5.75 Å². The highest BCUT2D eigenvalue weighted by molar-refractivity contribution is 5.99. The number of para-hydroxylation sites is 1. The fourth-order valence-corrected chi connectivity index (χ4v) is 2.84. The summed E-state index contributed by atoms with van der Waals surface area (Å²) in [6.45, 7) is 0.719. The first-order valence-electron chi connectivity index (χ1n) is 8.86. The van der Waals surface area contributed by atoms with E-state index in [2.05, 4.69) is 21.9 Å². The Bertz CT molecular complexity index is 1020. The van der Waals surface area contributed by atoms with Crippen LogP contribution in [0.4, 0.5) is 5.69 Å². The fraction of sp³-hybridized carbons (Fsp3) is 0.190. The van der Waals surface area contributed by atoms with Crippen molar-refractivity contribution in [3.8, 4) is 11.8 Å². The Kier molecular flexibility index (Phi) is 6.26. The van der Waals surface area contributed by atoms with Crippen LogP contribution in [-0.2, 0) is 11.3 Å². The molecule has 7 heteroatoms. The average Bonchev–Trinajstić information content (AvgIpc) is 3.09. The second kappa shape index (κ2) is 9.24. The van der Waals surface area contributed by atoms with Gasteiger partial charge in [-0.2, -0.15) is 10.4 Å². The van der Waals surface area contributed by atoms with Gasteiger partial charge >= 0.3 is 0 Å². The summed E-state index contributed by atoms with van der Waals surface area (Å²) in [6.07, 6.45) is 3.99. The van der Waals surface area contributed by atoms with E-state index in [9.17, 15) is 4.79 Å². The van der Waals surface area contributed by atoms with Gasteiger partial charge < -0.3 is 14.6 Å². The molecule has 1 aromatic heterocycles. The Morgan fingerprint density at radius 3 is 2.79 bits per heavy atom. The zero-order valence-corrected chi connectivity index (χ0v) is 15.6. The molecule has 3 aromatic rings. The van der Waals surface area contributed by atoms with Crippen LogP contribution in [0, 0.1) is 11.3 Å². The van der Waals surface area contributed by atoms with Gasteiger partial charge in [0, 0.05) is 34.9 Å². The van der Waals surface area contributed by atoms with Crippen LogP contribution >= 0.6 is 0 Å². The lowest BCUT2D eigenvalue weighted by molar-refractivity contribution is -0.119. The number of ether oxygens (including phenoxy) is 1. The maximum absolute atomic E-state index is 12.0. The van der Waals surface area contributed by atoms with Crippen molar-refractivity contribution < 1.29 is 9.53 Å². The minimum atomic E-state index is -0.250. The van der Waals surface area contributed by atoms with E-state index >= 15 is 0 Å². The van der Waals surface area contributed by atoms with E-state index in [1.807, 2.05) is 59.3 Å². The zero-order valence-electron chi connectivity index (χ0n) is 15.6. The van der Waals surface area contributed by atoms with E-state index in [0.717, 1.165) is 27.9 Å². The van der Waals surface area contributed by atoms with Gasteiger partial charge in [0.25, 0.3) is 5.91 Å². The molecule has 0 unspecified atom stereocenters. The van der Waals surface area contributed by atoms with Gasteiger partial charge in [-0.25, -0.2) is 5.43 Å². The third-order valence-corrected chi connectivity index (χ3v) is 4.22. The van der Waals surface area contributed by atoms with E-state index < -0.39 is 0 Å². The van der Waals surface area contributed by atoms with Crippen molar-refractivity contribution in [2.24, 2.45) is 5.10 Å². The molecule has 0 radical (unpaired) electrons. The molecule has 7 nitrogen and oxygen atoms in total. The molecule has 0 saturated carbocycles. The molecule has 1 amide bonds. The summed E-state index contributed by atoms with van der Waals surface area (Å²) in [7, 11) is 1.61. The topological polar surface area (TPSA) is 91.4 Å². The Morgan fingerprint density at radius 1 is 1.25 bits per heavy atom. The largest absolute Gasteiger partial charge is 0.497 e. The number of nitrogens with zero attached hydrogens (tertiary/aromatic N) is 3. The van der Waals surface area contributed by atoms with Crippen LogP contribution in [-0.4, -0.2) is 30.3 Å². The predicted octanol–water partition coefficient (Wildman–Crippen LogP) is 3.13. The minimum absolute atomic E-state index is 0.105. The summed E-state index contributed by atoms with van der Waals surface area (Å²) in [5.41, 5.74) is 5.26. The summed E-state index contributed by atoms with van der Waals surface area (Å²) in [6, 6.07) is 17.4. The Hall–Kier alpha value is -3.79. The number of aryl methyl sites for hydroxylation is 1. The molecule has 0 bridgehead atoms. The lowest BCUT2D eigenvalue weighted by atomic mass is 10.2. The molecule has 1 heterocycles. The van der Waals surface area contributed by atoms with Crippen LogP contribution in [0.1, 0.15) is 12.0 Å². The monoisotopic (exact) mass is 375 g/mol. The van der Waals surface area contributed by atoms with E-state index in [1.54, 1.807) is 13.3 Å². The molecule has 0 spiro atoms. The maximum atomic E-state index is 12.0. The number of nitrogens with one attached hydrogen (secondary N) is 2. The predicted molar refractivity (Wildman–Crippen MR) is 109 cm³/mol. The summed E-state index contributed by atoms with van der Waals surface area (Å²) in [5.74, 6) is 0.508. The second-order valence-corrected chi connectivity index (χ2v) is 6.08. The first-order chi connectivity index (χ1) is 13.7. The summed E-state index contributed by atoms with van der Waals surface area (Å²) in [5, 5.41) is 16.9. The van der Waals surface area contributed by atoms with Crippen molar-refractivity contribution in [1.82, 2.24) is 9.99 Å². The van der Waals surface area contributed by atoms with Crippen molar-refractivity contribution in [1.29, 1.82) is 5.26 Å². The lowest BCUT2D eigenvalue weighted by Gasteiger charge is -2.06. The normalized spacial score (nSPS) is 10.7. The molecule has 0 aliphatic heterocycles. The van der Waals surface area contributed by atoms with Gasteiger partial charge in [-0.3, -0.25) is 4.79 Å². The molecule has 142 valence electrons. The number of aromatic nitrogens is 1. The van der Waals surface area contributed by atoms with Crippen LogP contribution in [0.3, 0.4) is 0 Å². The number of hydrogen-bond donors (Lipinski definition) is 2. The number of hydrogen-bond acceptors (Lipinski definition) is 5. The second-order valence-electron chi connectivity index (χ2n) is 6.08. The van der Waals surface area contributed by atoms with Gasteiger partial charge in [0.05, 0.1) is 32.4 Å². The molecule has 0 aliphatic rings. The van der Waals surface area contributed by atoms with Crippen molar-refractivity contribution >= 4 is 28.7 Å². The molecule has 0 saturated heterocycles. The molecule has 2 aromatic carbocycles. The minimum Gasteiger partial charge on any atom is -0.497 e. The summed E-state index contributed by atoms with van der Waals surface area (Å²) < 4.78 is 7.12. The van der Waals surface area contributed by atoms with Crippen molar-refractivity contribution in [3.05, 3.63) is 60.3 Å². The third-order valence-electron chi connectivity index (χ3n) is 4.22. The number of methoxy groups -OCH3 is 1. The van der Waals surface area contributed by atoms with Gasteiger partial charge in [-0.15, -0.1) is 0 Å². The van der Waals surface area contributed by atoms with Crippen molar-refractivity contribution in [3.63, 3.8) is 0 Å². The number of fused-ring (bicyclic) bond motifs is 1. The van der Waals surface area contributed by atoms with Crippen LogP contribution in [0.25, 0.3) is 10.9 Å². The number of anilines is 1. The number of carbonyl (C=O) groups excluding carboxylic acids is 1. The lowest BCUT2D eigenvalue weighted by Crippen LogP contribution is -2.25. The van der Waals surface area contributed by atoms with Crippen LogP contribution < -0.4 is 15.5 Å². The number of hydrazone groups is 1. The van der Waals surface area contributed by atoms with Gasteiger partial charge in [-0.1, -0.05) is 18.2 Å². The van der Waals surface area contributed by atoms with E-state index in [0.29, 0.717) is 13.0 Å². The standard InChI is InChI=1S/C21H21N5O2/c1-28-18-9-7-17(8-10-18)23-14-21(27)25-24-13-16-15-26(12-4-11-22)20-6-3-2-5-19(16)20/h2-3,5-10,13,15,23H,4,12,14H2,1H3,(H,25,27)/b24-13-. The van der Waals surface area contributed by atoms with Crippen LogP contribution in [0.5, 0.6) is 5.75 Å². The van der Waals surface area contributed by atoms with Gasteiger partial charge in [0.2, 0.25) is 0 Å². The number of carbonyl (C=O) groups is 1. The average molecular weight is 375 g/mol. The quantitative estimate of drug-likeness (QED) is 0.467. The highest BCUT2D eigenvalue weighted by Crippen LogP contribution is 2.20. The zero-order chi connectivity index (χ0) is 19.8. The highest BCUT2D eigenvalue weighted by Gasteiger charge is 2.06. The fourth-order valence-electron chi connectivity index (χ4n) is 2.84. The molecule has 2 N–H and O–H groups in total. The number of amides is 1. The molecular formula is C21H21N5O2. The van der Waals surface area contributed by atoms with Crippen LogP contribution in [0.2, 0.25) is 0 Å². The van der Waals surface area contributed by atoms with Crippen molar-refractivity contribution in [2.45, 2.75) is 13.0 Å². The molecule has 3 rings (SSSR count).